The Morgan fingerprint density at radius 1 is 1.21 bits per heavy atom. The van der Waals surface area contributed by atoms with Gasteiger partial charge in [-0.25, -0.2) is 9.67 Å². The molecule has 1 fully saturated rings. The van der Waals surface area contributed by atoms with Crippen molar-refractivity contribution in [2.45, 2.75) is 40.5 Å². The van der Waals surface area contributed by atoms with Crippen LogP contribution in [0.25, 0.3) is 11.0 Å². The van der Waals surface area contributed by atoms with E-state index in [1.54, 1.807) is 9.58 Å². The molecule has 29 heavy (non-hydrogen) atoms. The summed E-state index contributed by atoms with van der Waals surface area (Å²) in [5, 5.41) is 5.24. The fraction of sp³-hybridized carbons (Fsp3) is 0.619. The van der Waals surface area contributed by atoms with Gasteiger partial charge < -0.3 is 14.5 Å². The predicted molar refractivity (Wildman–Crippen MR) is 111 cm³/mol. The number of hydrogen-bond donors (Lipinski definition) is 0. The van der Waals surface area contributed by atoms with E-state index in [0.29, 0.717) is 31.8 Å². The molecule has 3 heterocycles. The van der Waals surface area contributed by atoms with Gasteiger partial charge in [0, 0.05) is 44.8 Å². The SMILES string of the molecule is CCN(CC)C(=O)C1CCN(C(=O)COc2nn(C)c3nc(C)cc(C)c23)CC1. The number of nitrogens with zero attached hydrogens (tertiary/aromatic N) is 5. The number of aromatic nitrogens is 3. The number of likely N-dealkylation sites (tertiary alicyclic amines) is 1. The van der Waals surface area contributed by atoms with E-state index in [1.165, 1.54) is 0 Å². The normalized spacial score (nSPS) is 15.0. The van der Waals surface area contributed by atoms with Crippen molar-refractivity contribution in [1.82, 2.24) is 24.6 Å². The topological polar surface area (TPSA) is 80.6 Å². The van der Waals surface area contributed by atoms with Gasteiger partial charge in [0.15, 0.2) is 12.3 Å². The molecule has 2 aromatic rings. The van der Waals surface area contributed by atoms with Crippen molar-refractivity contribution in [3.05, 3.63) is 17.3 Å². The smallest absolute Gasteiger partial charge is 0.260 e. The van der Waals surface area contributed by atoms with Crippen LogP contribution in [0.3, 0.4) is 0 Å². The van der Waals surface area contributed by atoms with Gasteiger partial charge in [0.05, 0.1) is 5.39 Å². The first kappa shape index (κ1) is 21.1. The molecule has 8 nitrogen and oxygen atoms in total. The Balaban J connectivity index is 1.59. The Kier molecular flexibility index (Phi) is 6.39. The van der Waals surface area contributed by atoms with Crippen molar-refractivity contribution in [3.63, 3.8) is 0 Å². The zero-order valence-corrected chi connectivity index (χ0v) is 18.1. The Hall–Kier alpha value is -2.64. The van der Waals surface area contributed by atoms with Crippen molar-refractivity contribution in [3.8, 4) is 5.88 Å². The minimum absolute atomic E-state index is 0.0107. The average Bonchev–Trinajstić information content (AvgIpc) is 3.03. The standard InChI is InChI=1S/C21H31N5O3/c1-6-25(7-2)21(28)16-8-10-26(11-9-16)17(27)13-29-20-18-14(3)12-15(4)22-19(18)24(5)23-20/h12,16H,6-11,13H2,1-5H3. The number of carbonyl (C=O) groups excluding carboxylic acids is 2. The van der Waals surface area contributed by atoms with E-state index in [1.807, 2.05) is 45.7 Å². The molecule has 1 aliphatic heterocycles. The molecule has 1 saturated heterocycles. The Labute approximate surface area is 171 Å². The summed E-state index contributed by atoms with van der Waals surface area (Å²) < 4.78 is 7.46. The molecular weight excluding hydrogens is 370 g/mol. The van der Waals surface area contributed by atoms with Crippen LogP contribution >= 0.6 is 0 Å². The van der Waals surface area contributed by atoms with Crippen molar-refractivity contribution < 1.29 is 14.3 Å². The molecule has 158 valence electrons. The van der Waals surface area contributed by atoms with Crippen LogP contribution in [0.15, 0.2) is 6.07 Å². The van der Waals surface area contributed by atoms with Gasteiger partial charge in [-0.1, -0.05) is 0 Å². The second kappa shape index (κ2) is 8.80. The van der Waals surface area contributed by atoms with Crippen LogP contribution in [-0.4, -0.2) is 69.2 Å². The molecule has 2 amide bonds. The van der Waals surface area contributed by atoms with Gasteiger partial charge in [0.2, 0.25) is 11.8 Å². The molecule has 0 spiro atoms. The summed E-state index contributed by atoms with van der Waals surface area (Å²) in [6.45, 7) is 10.5. The lowest BCUT2D eigenvalue weighted by molar-refractivity contribution is -0.141. The number of piperidine rings is 1. The molecular formula is C21H31N5O3. The van der Waals surface area contributed by atoms with E-state index in [-0.39, 0.29) is 24.3 Å². The number of hydrogen-bond acceptors (Lipinski definition) is 5. The van der Waals surface area contributed by atoms with Gasteiger partial charge in [-0.05, 0) is 52.2 Å². The van der Waals surface area contributed by atoms with Crippen LogP contribution in [0.4, 0.5) is 0 Å². The number of carbonyl (C=O) groups is 2. The van der Waals surface area contributed by atoms with Crippen LogP contribution in [0, 0.1) is 19.8 Å². The first-order valence-electron chi connectivity index (χ1n) is 10.4. The number of amides is 2. The number of fused-ring (bicyclic) bond motifs is 1. The summed E-state index contributed by atoms with van der Waals surface area (Å²) in [5.74, 6) is 0.579. The fourth-order valence-electron chi connectivity index (χ4n) is 4.04. The number of pyridine rings is 1. The Morgan fingerprint density at radius 2 is 1.86 bits per heavy atom. The third-order valence-corrected chi connectivity index (χ3v) is 5.69. The molecule has 2 aromatic heterocycles. The summed E-state index contributed by atoms with van der Waals surface area (Å²) >= 11 is 0. The monoisotopic (exact) mass is 401 g/mol. The third kappa shape index (κ3) is 4.36. The van der Waals surface area contributed by atoms with E-state index >= 15 is 0 Å². The van der Waals surface area contributed by atoms with Gasteiger partial charge in [-0.15, -0.1) is 5.10 Å². The van der Waals surface area contributed by atoms with E-state index in [9.17, 15) is 9.59 Å². The van der Waals surface area contributed by atoms with E-state index in [0.717, 1.165) is 35.4 Å². The lowest BCUT2D eigenvalue weighted by Gasteiger charge is -2.33. The molecule has 0 N–H and O–H groups in total. The minimum atomic E-state index is -0.0738. The van der Waals surface area contributed by atoms with Gasteiger partial charge in [-0.2, -0.15) is 0 Å². The quantitative estimate of drug-likeness (QED) is 0.740. The first-order chi connectivity index (χ1) is 13.8. The fourth-order valence-corrected chi connectivity index (χ4v) is 4.04. The van der Waals surface area contributed by atoms with Gasteiger partial charge in [0.1, 0.15) is 0 Å². The van der Waals surface area contributed by atoms with Crippen LogP contribution < -0.4 is 4.74 Å². The number of rotatable bonds is 6. The summed E-state index contributed by atoms with van der Waals surface area (Å²) in [7, 11) is 1.82. The van der Waals surface area contributed by atoms with E-state index in [4.69, 9.17) is 4.74 Å². The number of aryl methyl sites for hydroxylation is 3. The highest BCUT2D eigenvalue weighted by molar-refractivity contribution is 5.86. The molecule has 0 atom stereocenters. The maximum Gasteiger partial charge on any atom is 0.260 e. The second-order valence-electron chi connectivity index (χ2n) is 7.66. The van der Waals surface area contributed by atoms with E-state index < -0.39 is 0 Å². The van der Waals surface area contributed by atoms with E-state index in [2.05, 4.69) is 10.1 Å². The second-order valence-corrected chi connectivity index (χ2v) is 7.66. The van der Waals surface area contributed by atoms with Gasteiger partial charge in [-0.3, -0.25) is 9.59 Å². The van der Waals surface area contributed by atoms with Crippen LogP contribution in [-0.2, 0) is 16.6 Å². The summed E-state index contributed by atoms with van der Waals surface area (Å²) in [4.78, 5) is 33.3. The minimum Gasteiger partial charge on any atom is -0.466 e. The molecule has 0 radical (unpaired) electrons. The third-order valence-electron chi connectivity index (χ3n) is 5.69. The van der Waals surface area contributed by atoms with Crippen molar-refractivity contribution in [2.24, 2.45) is 13.0 Å². The predicted octanol–water partition coefficient (Wildman–Crippen LogP) is 2.07. The highest BCUT2D eigenvalue weighted by atomic mass is 16.5. The number of ether oxygens (including phenoxy) is 1. The maximum absolute atomic E-state index is 12.6. The molecule has 0 aliphatic carbocycles. The average molecular weight is 402 g/mol. The van der Waals surface area contributed by atoms with Crippen LogP contribution in [0.1, 0.15) is 37.9 Å². The zero-order valence-electron chi connectivity index (χ0n) is 18.1. The zero-order chi connectivity index (χ0) is 21.1. The van der Waals surface area contributed by atoms with Crippen LogP contribution in [0.5, 0.6) is 5.88 Å². The molecule has 0 aromatic carbocycles. The summed E-state index contributed by atoms with van der Waals surface area (Å²) in [6.07, 6.45) is 1.41. The van der Waals surface area contributed by atoms with Gasteiger partial charge >= 0.3 is 0 Å². The Morgan fingerprint density at radius 3 is 2.48 bits per heavy atom. The lowest BCUT2D eigenvalue weighted by atomic mass is 9.95. The maximum atomic E-state index is 12.6. The lowest BCUT2D eigenvalue weighted by Crippen LogP contribution is -2.45. The molecule has 1 aliphatic rings. The van der Waals surface area contributed by atoms with Gasteiger partial charge in [0.25, 0.3) is 5.91 Å². The molecule has 3 rings (SSSR count). The van der Waals surface area contributed by atoms with Crippen LogP contribution in [0.2, 0.25) is 0 Å². The highest BCUT2D eigenvalue weighted by Gasteiger charge is 2.29. The Bertz CT molecular complexity index is 895. The summed E-state index contributed by atoms with van der Waals surface area (Å²) in [6, 6.07) is 1.98. The van der Waals surface area contributed by atoms with Crippen molar-refractivity contribution in [1.29, 1.82) is 0 Å². The molecule has 0 unspecified atom stereocenters. The molecule has 0 saturated carbocycles. The first-order valence-corrected chi connectivity index (χ1v) is 10.4. The van der Waals surface area contributed by atoms with Crippen molar-refractivity contribution in [2.75, 3.05) is 32.8 Å². The largest absolute Gasteiger partial charge is 0.466 e. The highest BCUT2D eigenvalue weighted by Crippen LogP contribution is 2.27. The molecule has 0 bridgehead atoms. The summed E-state index contributed by atoms with van der Waals surface area (Å²) in [5.41, 5.74) is 2.70. The molecule has 8 heteroatoms. The van der Waals surface area contributed by atoms with Crippen molar-refractivity contribution >= 4 is 22.8 Å².